The van der Waals surface area contributed by atoms with Crippen molar-refractivity contribution in [1.29, 1.82) is 0 Å². The Morgan fingerprint density at radius 1 is 1.16 bits per heavy atom. The number of carbonyl (C=O) groups excluding carboxylic acids is 1. The maximum Gasteiger partial charge on any atom is 0.387 e. The van der Waals surface area contributed by atoms with Gasteiger partial charge in [-0.1, -0.05) is 30.8 Å². The third-order valence-electron chi connectivity index (χ3n) is 5.53. The molecule has 4 rings (SSSR count). The van der Waals surface area contributed by atoms with Gasteiger partial charge in [-0.3, -0.25) is 14.2 Å². The van der Waals surface area contributed by atoms with Crippen molar-refractivity contribution in [3.63, 3.8) is 0 Å². The average Bonchev–Trinajstić information content (AvgIpc) is 2.78. The first kappa shape index (κ1) is 22.3. The third kappa shape index (κ3) is 4.93. The Balaban J connectivity index is 1.65. The number of ether oxygens (including phenoxy) is 1. The van der Waals surface area contributed by atoms with E-state index >= 15 is 0 Å². The van der Waals surface area contributed by atoms with Crippen molar-refractivity contribution < 1.29 is 18.3 Å². The number of hydrogen-bond donors (Lipinski definition) is 0. The number of amides is 1. The van der Waals surface area contributed by atoms with E-state index in [2.05, 4.69) is 16.6 Å². The monoisotopic (exact) mass is 459 g/mol. The fourth-order valence-electron chi connectivity index (χ4n) is 3.69. The predicted octanol–water partition coefficient (Wildman–Crippen LogP) is 4.34. The van der Waals surface area contributed by atoms with Crippen LogP contribution in [-0.4, -0.2) is 45.8 Å². The lowest BCUT2D eigenvalue weighted by molar-refractivity contribution is -0.129. The van der Waals surface area contributed by atoms with Gasteiger partial charge in [0.05, 0.1) is 22.3 Å². The van der Waals surface area contributed by atoms with Crippen molar-refractivity contribution in [3.05, 3.63) is 58.9 Å². The summed E-state index contributed by atoms with van der Waals surface area (Å²) in [6, 6.07) is 12.8. The lowest BCUT2D eigenvalue weighted by atomic mass is 9.99. The number of piperidine rings is 1. The van der Waals surface area contributed by atoms with Crippen molar-refractivity contribution in [3.8, 4) is 11.4 Å². The molecule has 0 bridgehead atoms. The molecule has 1 aliphatic heterocycles. The van der Waals surface area contributed by atoms with Gasteiger partial charge in [0, 0.05) is 13.1 Å². The second-order valence-corrected chi connectivity index (χ2v) is 8.72. The number of alkyl halides is 2. The normalized spacial score (nSPS) is 14.8. The number of fused-ring (bicyclic) bond motifs is 1. The summed E-state index contributed by atoms with van der Waals surface area (Å²) in [5.74, 6) is 0.785. The first-order valence-corrected chi connectivity index (χ1v) is 11.4. The van der Waals surface area contributed by atoms with Crippen molar-refractivity contribution >= 4 is 28.6 Å². The Morgan fingerprint density at radius 2 is 1.84 bits per heavy atom. The summed E-state index contributed by atoms with van der Waals surface area (Å²) in [6.45, 7) is 0.737. The molecule has 2 aromatic carbocycles. The number of thioether (sulfide) groups is 1. The zero-order chi connectivity index (χ0) is 22.7. The highest BCUT2D eigenvalue weighted by atomic mass is 32.2. The molecule has 0 spiro atoms. The summed E-state index contributed by atoms with van der Waals surface area (Å²) < 4.78 is 30.7. The molecule has 0 atom stereocenters. The van der Waals surface area contributed by atoms with Crippen LogP contribution in [0.4, 0.5) is 8.78 Å². The number of benzene rings is 2. The number of halogens is 2. The molecule has 0 aliphatic carbocycles. The highest BCUT2D eigenvalue weighted by Gasteiger charge is 2.22. The highest BCUT2D eigenvalue weighted by molar-refractivity contribution is 7.99. The van der Waals surface area contributed by atoms with Crippen LogP contribution in [0.5, 0.6) is 5.75 Å². The largest absolute Gasteiger partial charge is 0.435 e. The van der Waals surface area contributed by atoms with Crippen LogP contribution in [0.25, 0.3) is 16.6 Å². The molecule has 1 amide bonds. The lowest BCUT2D eigenvalue weighted by Crippen LogP contribution is -2.39. The van der Waals surface area contributed by atoms with Gasteiger partial charge in [0.1, 0.15) is 5.75 Å². The Kier molecular flexibility index (Phi) is 6.74. The summed E-state index contributed by atoms with van der Waals surface area (Å²) in [5.41, 5.74) is 0.699. The molecule has 2 heterocycles. The van der Waals surface area contributed by atoms with E-state index < -0.39 is 6.61 Å². The molecule has 0 saturated carbocycles. The van der Waals surface area contributed by atoms with Gasteiger partial charge < -0.3 is 9.64 Å². The number of nitrogens with zero attached hydrogens (tertiary/aromatic N) is 3. The average molecular weight is 460 g/mol. The van der Waals surface area contributed by atoms with Crippen LogP contribution < -0.4 is 10.3 Å². The standard InChI is InChI=1S/C23H23F2N3O3S/c1-15-10-12-27(13-11-15)20(29)14-32-23-26-19-5-3-2-4-18(19)21(30)28(23)16-6-8-17(9-7-16)31-22(24)25/h2-9,15,22H,10-14H2,1H3. The summed E-state index contributed by atoms with van der Waals surface area (Å²) in [5, 5.41) is 0.802. The van der Waals surface area contributed by atoms with Gasteiger partial charge in [-0.25, -0.2) is 4.98 Å². The van der Waals surface area contributed by atoms with E-state index in [1.807, 2.05) is 4.90 Å². The maximum absolute atomic E-state index is 13.3. The second kappa shape index (κ2) is 9.68. The van der Waals surface area contributed by atoms with Gasteiger partial charge in [0.2, 0.25) is 5.91 Å². The first-order chi connectivity index (χ1) is 15.4. The molecule has 6 nitrogen and oxygen atoms in total. The van der Waals surface area contributed by atoms with E-state index in [9.17, 15) is 18.4 Å². The Morgan fingerprint density at radius 3 is 2.53 bits per heavy atom. The summed E-state index contributed by atoms with van der Waals surface area (Å²) >= 11 is 1.20. The van der Waals surface area contributed by atoms with Crippen LogP contribution in [0, 0.1) is 5.92 Å². The van der Waals surface area contributed by atoms with Crippen molar-refractivity contribution in [2.45, 2.75) is 31.5 Å². The Bertz CT molecular complexity index is 1160. The van der Waals surface area contributed by atoms with Crippen molar-refractivity contribution in [2.75, 3.05) is 18.8 Å². The molecule has 32 heavy (non-hydrogen) atoms. The molecule has 0 unspecified atom stereocenters. The fraction of sp³-hybridized carbons (Fsp3) is 0.348. The van der Waals surface area contributed by atoms with Crippen LogP contribution in [0.15, 0.2) is 58.5 Å². The van der Waals surface area contributed by atoms with Gasteiger partial charge in [-0.2, -0.15) is 8.78 Å². The van der Waals surface area contributed by atoms with Gasteiger partial charge >= 0.3 is 6.61 Å². The SMILES string of the molecule is CC1CCN(C(=O)CSc2nc3ccccc3c(=O)n2-c2ccc(OC(F)F)cc2)CC1. The topological polar surface area (TPSA) is 64.4 Å². The quantitative estimate of drug-likeness (QED) is 0.405. The van der Waals surface area contributed by atoms with E-state index in [0.29, 0.717) is 27.7 Å². The highest BCUT2D eigenvalue weighted by Crippen LogP contribution is 2.24. The van der Waals surface area contributed by atoms with Crippen LogP contribution in [0.3, 0.4) is 0 Å². The third-order valence-corrected chi connectivity index (χ3v) is 6.45. The molecule has 1 aromatic heterocycles. The number of rotatable bonds is 6. The maximum atomic E-state index is 13.3. The van der Waals surface area contributed by atoms with Gasteiger partial charge in [0.25, 0.3) is 5.56 Å². The summed E-state index contributed by atoms with van der Waals surface area (Å²) in [4.78, 5) is 32.5. The van der Waals surface area contributed by atoms with E-state index in [0.717, 1.165) is 25.9 Å². The second-order valence-electron chi connectivity index (χ2n) is 7.78. The Hall–Kier alpha value is -2.94. The van der Waals surface area contributed by atoms with Crippen molar-refractivity contribution in [1.82, 2.24) is 14.5 Å². The fourth-order valence-corrected chi connectivity index (χ4v) is 4.60. The van der Waals surface area contributed by atoms with Gasteiger partial charge in [-0.05, 0) is 55.2 Å². The smallest absolute Gasteiger partial charge is 0.387 e. The molecule has 1 fully saturated rings. The minimum Gasteiger partial charge on any atom is -0.435 e. The molecule has 0 radical (unpaired) electrons. The van der Waals surface area contributed by atoms with Crippen LogP contribution >= 0.6 is 11.8 Å². The van der Waals surface area contributed by atoms with E-state index in [1.54, 1.807) is 24.3 Å². The molecule has 168 valence electrons. The van der Waals surface area contributed by atoms with Crippen LogP contribution in [-0.2, 0) is 4.79 Å². The van der Waals surface area contributed by atoms with Gasteiger partial charge in [-0.15, -0.1) is 0 Å². The molecule has 3 aromatic rings. The minimum atomic E-state index is -2.93. The number of para-hydroxylation sites is 1. The number of likely N-dealkylation sites (tertiary alicyclic amines) is 1. The summed E-state index contributed by atoms with van der Waals surface area (Å²) in [7, 11) is 0. The molecule has 0 N–H and O–H groups in total. The molecule has 1 aliphatic rings. The van der Waals surface area contributed by atoms with E-state index in [4.69, 9.17) is 0 Å². The molecular formula is C23H23F2N3O3S. The van der Waals surface area contributed by atoms with Gasteiger partial charge in [0.15, 0.2) is 5.16 Å². The Labute approximate surface area is 188 Å². The molecule has 1 saturated heterocycles. The van der Waals surface area contributed by atoms with Crippen LogP contribution in [0.2, 0.25) is 0 Å². The molecular weight excluding hydrogens is 436 g/mol. The zero-order valence-corrected chi connectivity index (χ0v) is 18.4. The van der Waals surface area contributed by atoms with Crippen LogP contribution in [0.1, 0.15) is 19.8 Å². The summed E-state index contributed by atoms with van der Waals surface area (Å²) in [6.07, 6.45) is 1.98. The number of carbonyl (C=O) groups is 1. The van der Waals surface area contributed by atoms with E-state index in [-0.39, 0.29) is 23.0 Å². The number of aromatic nitrogens is 2. The zero-order valence-electron chi connectivity index (χ0n) is 17.5. The molecule has 9 heteroatoms. The lowest BCUT2D eigenvalue weighted by Gasteiger charge is -2.30. The number of hydrogen-bond acceptors (Lipinski definition) is 5. The predicted molar refractivity (Wildman–Crippen MR) is 120 cm³/mol. The van der Waals surface area contributed by atoms with E-state index in [1.165, 1.54) is 40.6 Å². The first-order valence-electron chi connectivity index (χ1n) is 10.4. The van der Waals surface area contributed by atoms with Crippen molar-refractivity contribution in [2.24, 2.45) is 5.92 Å². The minimum absolute atomic E-state index is 0.00532.